The van der Waals surface area contributed by atoms with E-state index in [0.717, 1.165) is 38.0 Å². The van der Waals surface area contributed by atoms with Crippen LogP contribution in [-0.2, 0) is 11.3 Å². The van der Waals surface area contributed by atoms with E-state index in [9.17, 15) is 9.59 Å². The highest BCUT2D eigenvalue weighted by atomic mass is 35.5. The van der Waals surface area contributed by atoms with Gasteiger partial charge in [0.2, 0.25) is 5.91 Å². The molecule has 0 aliphatic carbocycles. The first kappa shape index (κ1) is 18.5. The van der Waals surface area contributed by atoms with Crippen LogP contribution in [0.25, 0.3) is 10.9 Å². The molecule has 1 amide bonds. The van der Waals surface area contributed by atoms with Crippen molar-refractivity contribution in [2.24, 2.45) is 0 Å². The summed E-state index contributed by atoms with van der Waals surface area (Å²) >= 11 is 0. The van der Waals surface area contributed by atoms with Crippen LogP contribution in [0.15, 0.2) is 41.3 Å². The van der Waals surface area contributed by atoms with E-state index in [1.807, 2.05) is 33.7 Å². The average Bonchev–Trinajstić information content (AvgIpc) is 3.09. The van der Waals surface area contributed by atoms with Crippen LogP contribution in [0.3, 0.4) is 0 Å². The second-order valence-corrected chi connectivity index (χ2v) is 6.06. The molecule has 6 heteroatoms. The molecule has 3 rings (SSSR count). The zero-order valence-corrected chi connectivity index (χ0v) is 14.7. The first-order valence-electron chi connectivity index (χ1n) is 8.29. The molecule has 1 aromatic carbocycles. The van der Waals surface area contributed by atoms with Crippen LogP contribution in [0.5, 0.6) is 0 Å². The Morgan fingerprint density at radius 1 is 1.33 bits per heavy atom. The number of halogens is 1. The Morgan fingerprint density at radius 2 is 2.12 bits per heavy atom. The predicted molar refractivity (Wildman–Crippen MR) is 98.7 cm³/mol. The molecular weight excluding hydrogens is 326 g/mol. The van der Waals surface area contributed by atoms with E-state index in [-0.39, 0.29) is 36.3 Å². The molecule has 0 radical (unpaired) electrons. The number of rotatable bonds is 5. The van der Waals surface area contributed by atoms with E-state index in [0.29, 0.717) is 5.39 Å². The van der Waals surface area contributed by atoms with Crippen LogP contribution in [0.1, 0.15) is 19.8 Å². The van der Waals surface area contributed by atoms with Crippen molar-refractivity contribution in [1.82, 2.24) is 14.8 Å². The minimum atomic E-state index is -0.00490. The van der Waals surface area contributed by atoms with Crippen LogP contribution >= 0.6 is 12.4 Å². The van der Waals surface area contributed by atoms with Gasteiger partial charge in [-0.25, -0.2) is 0 Å². The molecule has 5 nitrogen and oxygen atoms in total. The van der Waals surface area contributed by atoms with Crippen LogP contribution in [-0.4, -0.2) is 41.1 Å². The fraction of sp³-hybridized carbons (Fsp3) is 0.444. The normalized spacial score (nSPS) is 16.8. The molecule has 0 saturated carbocycles. The SMILES string of the molecule is CCCN(C(=O)Cn1ccc(=O)c2ccccc21)C1CCNC1.Cl. The molecule has 0 bridgehead atoms. The van der Waals surface area contributed by atoms with Crippen molar-refractivity contribution in [3.05, 3.63) is 46.8 Å². The molecule has 1 N–H and O–H groups in total. The van der Waals surface area contributed by atoms with Crippen LogP contribution in [0.4, 0.5) is 0 Å². The molecule has 0 spiro atoms. The molecule has 1 aliphatic heterocycles. The number of amides is 1. The monoisotopic (exact) mass is 349 g/mol. The minimum absolute atomic E-state index is 0. The Hall–Kier alpha value is -1.85. The zero-order chi connectivity index (χ0) is 16.2. The Balaban J connectivity index is 0.00000208. The van der Waals surface area contributed by atoms with Gasteiger partial charge >= 0.3 is 0 Å². The summed E-state index contributed by atoms with van der Waals surface area (Å²) < 4.78 is 1.88. The van der Waals surface area contributed by atoms with Crippen molar-refractivity contribution in [3.8, 4) is 0 Å². The number of hydrogen-bond donors (Lipinski definition) is 1. The number of nitrogens with zero attached hydrogens (tertiary/aromatic N) is 2. The third-order valence-electron chi connectivity index (χ3n) is 4.45. The maximum atomic E-state index is 12.8. The van der Waals surface area contributed by atoms with Crippen molar-refractivity contribution >= 4 is 29.2 Å². The summed E-state index contributed by atoms with van der Waals surface area (Å²) in [6, 6.07) is 9.27. The molecule has 1 aliphatic rings. The van der Waals surface area contributed by atoms with Crippen molar-refractivity contribution in [3.63, 3.8) is 0 Å². The number of aromatic nitrogens is 1. The molecule has 130 valence electrons. The van der Waals surface area contributed by atoms with Gasteiger partial charge in [-0.3, -0.25) is 9.59 Å². The lowest BCUT2D eigenvalue weighted by Crippen LogP contribution is -2.43. The van der Waals surface area contributed by atoms with Crippen molar-refractivity contribution in [2.75, 3.05) is 19.6 Å². The Bertz CT molecular complexity index is 753. The summed E-state index contributed by atoms with van der Waals surface area (Å²) in [5, 5.41) is 3.98. The third kappa shape index (κ3) is 3.79. The highest BCUT2D eigenvalue weighted by Gasteiger charge is 2.25. The van der Waals surface area contributed by atoms with Crippen LogP contribution in [0, 0.1) is 0 Å². The smallest absolute Gasteiger partial charge is 0.242 e. The quantitative estimate of drug-likeness (QED) is 0.898. The van der Waals surface area contributed by atoms with E-state index in [1.165, 1.54) is 6.07 Å². The topological polar surface area (TPSA) is 54.3 Å². The van der Waals surface area contributed by atoms with E-state index in [2.05, 4.69) is 12.2 Å². The lowest BCUT2D eigenvalue weighted by atomic mass is 10.2. The number of para-hydroxylation sites is 1. The fourth-order valence-electron chi connectivity index (χ4n) is 3.29. The number of benzene rings is 1. The number of fused-ring (bicyclic) bond motifs is 1. The summed E-state index contributed by atoms with van der Waals surface area (Å²) in [7, 11) is 0. The van der Waals surface area contributed by atoms with Gasteiger partial charge in [-0.05, 0) is 31.5 Å². The summed E-state index contributed by atoms with van der Waals surface area (Å²) in [5.41, 5.74) is 0.809. The first-order chi connectivity index (χ1) is 11.2. The molecule has 2 aromatic rings. The Kier molecular flexibility index (Phi) is 6.40. The number of nitrogens with one attached hydrogen (secondary N) is 1. The highest BCUT2D eigenvalue weighted by Crippen LogP contribution is 2.13. The van der Waals surface area contributed by atoms with Gasteiger partial charge in [0, 0.05) is 36.8 Å². The van der Waals surface area contributed by atoms with Gasteiger partial charge in [0.25, 0.3) is 0 Å². The molecule has 24 heavy (non-hydrogen) atoms. The van der Waals surface area contributed by atoms with Crippen LogP contribution < -0.4 is 10.7 Å². The van der Waals surface area contributed by atoms with Gasteiger partial charge in [0.15, 0.2) is 5.43 Å². The first-order valence-corrected chi connectivity index (χ1v) is 8.29. The van der Waals surface area contributed by atoms with E-state index in [1.54, 1.807) is 6.20 Å². The number of carbonyl (C=O) groups is 1. The Morgan fingerprint density at radius 3 is 2.83 bits per heavy atom. The maximum absolute atomic E-state index is 12.8. The molecule has 2 heterocycles. The Labute approximate surface area is 148 Å². The van der Waals surface area contributed by atoms with Gasteiger partial charge in [0.05, 0.1) is 5.52 Å². The van der Waals surface area contributed by atoms with Crippen molar-refractivity contribution in [2.45, 2.75) is 32.4 Å². The van der Waals surface area contributed by atoms with Gasteiger partial charge in [-0.1, -0.05) is 19.1 Å². The standard InChI is InChI=1S/C18H23N3O2.ClH/c1-2-10-21(14-7-9-19-12-14)18(23)13-20-11-8-17(22)15-5-3-4-6-16(15)20;/h3-6,8,11,14,19H,2,7,9-10,12-13H2,1H3;1H. The van der Waals surface area contributed by atoms with Crippen LogP contribution in [0.2, 0.25) is 0 Å². The fourth-order valence-corrected chi connectivity index (χ4v) is 3.29. The summed E-state index contributed by atoms with van der Waals surface area (Å²) in [5.74, 6) is 0.120. The molecule has 1 fully saturated rings. The second-order valence-electron chi connectivity index (χ2n) is 6.06. The molecule has 1 atom stereocenters. The third-order valence-corrected chi connectivity index (χ3v) is 4.45. The van der Waals surface area contributed by atoms with E-state index >= 15 is 0 Å². The molecular formula is C18H24ClN3O2. The average molecular weight is 350 g/mol. The van der Waals surface area contributed by atoms with Crippen molar-refractivity contribution < 1.29 is 4.79 Å². The molecule has 1 unspecified atom stereocenters. The lowest BCUT2D eigenvalue weighted by molar-refractivity contribution is -0.133. The minimum Gasteiger partial charge on any atom is -0.338 e. The summed E-state index contributed by atoms with van der Waals surface area (Å²) in [6.07, 6.45) is 3.68. The predicted octanol–water partition coefficient (Wildman–Crippen LogP) is 2.02. The van der Waals surface area contributed by atoms with Gasteiger partial charge in [-0.15, -0.1) is 12.4 Å². The summed E-state index contributed by atoms with van der Waals surface area (Å²) in [4.78, 5) is 26.8. The number of pyridine rings is 1. The van der Waals surface area contributed by atoms with Gasteiger partial charge in [0.1, 0.15) is 6.54 Å². The zero-order valence-electron chi connectivity index (χ0n) is 13.9. The van der Waals surface area contributed by atoms with E-state index in [4.69, 9.17) is 0 Å². The van der Waals surface area contributed by atoms with E-state index < -0.39 is 0 Å². The highest BCUT2D eigenvalue weighted by molar-refractivity contribution is 5.85. The van der Waals surface area contributed by atoms with Gasteiger partial charge < -0.3 is 14.8 Å². The second kappa shape index (κ2) is 8.31. The lowest BCUT2D eigenvalue weighted by Gasteiger charge is -2.29. The largest absolute Gasteiger partial charge is 0.338 e. The summed E-state index contributed by atoms with van der Waals surface area (Å²) in [6.45, 7) is 4.99. The molecule has 1 aromatic heterocycles. The molecule has 1 saturated heterocycles. The number of hydrogen-bond acceptors (Lipinski definition) is 3. The number of carbonyl (C=O) groups excluding carboxylic acids is 1. The van der Waals surface area contributed by atoms with Crippen molar-refractivity contribution in [1.29, 1.82) is 0 Å². The maximum Gasteiger partial charge on any atom is 0.242 e. The van der Waals surface area contributed by atoms with Gasteiger partial charge in [-0.2, -0.15) is 0 Å².